The molecular formula is C26H37NO4. The van der Waals surface area contributed by atoms with Gasteiger partial charge < -0.3 is 14.6 Å². The Bertz CT molecular complexity index is 817. The first-order chi connectivity index (χ1) is 14.8. The zero-order valence-electron chi connectivity index (χ0n) is 19.2. The highest BCUT2D eigenvalue weighted by Gasteiger charge is 2.45. The molecule has 0 aromatic heterocycles. The zero-order valence-corrected chi connectivity index (χ0v) is 19.2. The molecule has 0 bridgehead atoms. The van der Waals surface area contributed by atoms with Crippen molar-refractivity contribution < 1.29 is 19.4 Å². The molecule has 0 saturated carbocycles. The van der Waals surface area contributed by atoms with Crippen LogP contribution in [0.15, 0.2) is 30.4 Å². The fraction of sp³-hybridized carbons (Fsp3) is 0.654. The van der Waals surface area contributed by atoms with Crippen LogP contribution in [0.25, 0.3) is 0 Å². The van der Waals surface area contributed by atoms with E-state index >= 15 is 0 Å². The highest BCUT2D eigenvalue weighted by Crippen LogP contribution is 2.47. The van der Waals surface area contributed by atoms with E-state index in [4.69, 9.17) is 9.47 Å². The van der Waals surface area contributed by atoms with Gasteiger partial charge in [-0.15, -0.1) is 0 Å². The largest absolute Gasteiger partial charge is 0.493 e. The molecule has 1 N–H and O–H groups in total. The second kappa shape index (κ2) is 8.85. The number of carboxylic acid groups (broad SMARTS) is 1. The van der Waals surface area contributed by atoms with E-state index < -0.39 is 5.97 Å². The third-order valence-corrected chi connectivity index (χ3v) is 7.46. The van der Waals surface area contributed by atoms with Gasteiger partial charge in [-0.2, -0.15) is 0 Å². The monoisotopic (exact) mass is 427 g/mol. The summed E-state index contributed by atoms with van der Waals surface area (Å²) in [5, 5.41) is 9.40. The fourth-order valence-electron chi connectivity index (χ4n) is 5.49. The summed E-state index contributed by atoms with van der Waals surface area (Å²) in [6.45, 7) is 9.72. The van der Waals surface area contributed by atoms with Crippen molar-refractivity contribution in [2.24, 2.45) is 11.3 Å². The van der Waals surface area contributed by atoms with Crippen LogP contribution >= 0.6 is 0 Å². The summed E-state index contributed by atoms with van der Waals surface area (Å²) < 4.78 is 12.2. The first-order valence-corrected chi connectivity index (χ1v) is 11.8. The quantitative estimate of drug-likeness (QED) is 0.645. The van der Waals surface area contributed by atoms with Gasteiger partial charge in [0.15, 0.2) is 0 Å². The zero-order chi connectivity index (χ0) is 22.1. The number of aliphatic carboxylic acids is 1. The molecule has 3 aliphatic rings. The van der Waals surface area contributed by atoms with Crippen molar-refractivity contribution in [3.05, 3.63) is 35.9 Å². The molecule has 2 heterocycles. The molecular weight excluding hydrogens is 390 g/mol. The predicted octanol–water partition coefficient (Wildman–Crippen LogP) is 5.04. The Balaban J connectivity index is 1.40. The molecule has 4 rings (SSSR count). The Morgan fingerprint density at radius 2 is 2.06 bits per heavy atom. The Labute approximate surface area is 186 Å². The minimum Gasteiger partial charge on any atom is -0.493 e. The topological polar surface area (TPSA) is 59.0 Å². The lowest BCUT2D eigenvalue weighted by Crippen LogP contribution is -2.52. The Kier molecular flexibility index (Phi) is 6.34. The fourth-order valence-corrected chi connectivity index (χ4v) is 5.49. The van der Waals surface area contributed by atoms with Crippen molar-refractivity contribution in [3.63, 3.8) is 0 Å². The molecule has 1 spiro atoms. The van der Waals surface area contributed by atoms with Crippen molar-refractivity contribution in [1.29, 1.82) is 0 Å². The Hall–Kier alpha value is -2.01. The molecule has 1 fully saturated rings. The maximum atomic E-state index is 11.4. The summed E-state index contributed by atoms with van der Waals surface area (Å²) in [5.74, 6) is 1.76. The molecule has 2 aliphatic heterocycles. The number of hydrogen-bond donors (Lipinski definition) is 1. The molecule has 1 aromatic carbocycles. The van der Waals surface area contributed by atoms with Crippen molar-refractivity contribution >= 4 is 5.97 Å². The third kappa shape index (κ3) is 4.92. The maximum Gasteiger partial charge on any atom is 0.304 e. The standard InChI is InChI=1S/C26H37NO4/c1-25(2,3)23(16-24(28)29)27-13-11-26(12-14-27)18-31-22-15-20(9-10-21(22)26)30-17-19-7-5-4-6-8-19/h4-5,9-10,15,19,23H,6-8,11-14,16-18H2,1-3H3,(H,28,29). The summed E-state index contributed by atoms with van der Waals surface area (Å²) in [7, 11) is 0. The van der Waals surface area contributed by atoms with E-state index in [1.54, 1.807) is 0 Å². The summed E-state index contributed by atoms with van der Waals surface area (Å²) in [4.78, 5) is 13.8. The van der Waals surface area contributed by atoms with E-state index in [9.17, 15) is 9.90 Å². The molecule has 5 nitrogen and oxygen atoms in total. The van der Waals surface area contributed by atoms with Crippen molar-refractivity contribution in [3.8, 4) is 11.5 Å². The van der Waals surface area contributed by atoms with Crippen LogP contribution in [-0.2, 0) is 10.2 Å². The van der Waals surface area contributed by atoms with Crippen LogP contribution in [0, 0.1) is 11.3 Å². The van der Waals surface area contributed by atoms with E-state index in [0.717, 1.165) is 56.9 Å². The number of hydrogen-bond acceptors (Lipinski definition) is 4. The van der Waals surface area contributed by atoms with Crippen LogP contribution in [0.4, 0.5) is 0 Å². The number of carboxylic acids is 1. The number of piperidine rings is 1. The lowest BCUT2D eigenvalue weighted by molar-refractivity contribution is -0.140. The number of carbonyl (C=O) groups is 1. The average molecular weight is 428 g/mol. The second-order valence-electron chi connectivity index (χ2n) is 10.7. The van der Waals surface area contributed by atoms with Gasteiger partial charge in [0.25, 0.3) is 0 Å². The first kappa shape index (κ1) is 22.2. The molecule has 1 saturated heterocycles. The lowest BCUT2D eigenvalue weighted by atomic mass is 9.73. The minimum absolute atomic E-state index is 0.0458. The van der Waals surface area contributed by atoms with Gasteiger partial charge in [-0.1, -0.05) is 39.0 Å². The van der Waals surface area contributed by atoms with E-state index in [1.807, 2.05) is 0 Å². The normalized spacial score (nSPS) is 23.9. The highest BCUT2D eigenvalue weighted by molar-refractivity contribution is 5.67. The number of ether oxygens (including phenoxy) is 2. The molecule has 5 heteroatoms. The van der Waals surface area contributed by atoms with Gasteiger partial charge in [0.1, 0.15) is 11.5 Å². The van der Waals surface area contributed by atoms with Crippen LogP contribution in [0.5, 0.6) is 11.5 Å². The van der Waals surface area contributed by atoms with Gasteiger partial charge in [-0.05, 0) is 62.6 Å². The van der Waals surface area contributed by atoms with Crippen LogP contribution < -0.4 is 9.47 Å². The van der Waals surface area contributed by atoms with Gasteiger partial charge in [-0.25, -0.2) is 0 Å². The van der Waals surface area contributed by atoms with E-state index in [2.05, 4.69) is 56.0 Å². The molecule has 170 valence electrons. The number of benzene rings is 1. The third-order valence-electron chi connectivity index (χ3n) is 7.46. The van der Waals surface area contributed by atoms with Gasteiger partial charge in [0.05, 0.1) is 19.6 Å². The summed E-state index contributed by atoms with van der Waals surface area (Å²) in [6, 6.07) is 6.42. The van der Waals surface area contributed by atoms with E-state index in [-0.39, 0.29) is 23.3 Å². The molecule has 1 aromatic rings. The van der Waals surface area contributed by atoms with Gasteiger partial charge in [-0.3, -0.25) is 9.69 Å². The maximum absolute atomic E-state index is 11.4. The number of nitrogens with zero attached hydrogens (tertiary/aromatic N) is 1. The van der Waals surface area contributed by atoms with Gasteiger partial charge in [0.2, 0.25) is 0 Å². The molecule has 2 unspecified atom stereocenters. The molecule has 0 amide bonds. The van der Waals surface area contributed by atoms with Gasteiger partial charge >= 0.3 is 5.97 Å². The van der Waals surface area contributed by atoms with Crippen molar-refractivity contribution in [2.45, 2.75) is 70.8 Å². The molecule has 1 aliphatic carbocycles. The summed E-state index contributed by atoms with van der Waals surface area (Å²) in [6.07, 6.45) is 10.2. The van der Waals surface area contributed by atoms with Crippen LogP contribution in [0.3, 0.4) is 0 Å². The second-order valence-corrected chi connectivity index (χ2v) is 10.7. The number of allylic oxidation sites excluding steroid dienone is 2. The predicted molar refractivity (Wildman–Crippen MR) is 122 cm³/mol. The summed E-state index contributed by atoms with van der Waals surface area (Å²) in [5.41, 5.74) is 1.28. The van der Waals surface area contributed by atoms with Gasteiger partial charge in [0, 0.05) is 23.1 Å². The van der Waals surface area contributed by atoms with Crippen LogP contribution in [0.1, 0.15) is 64.9 Å². The highest BCUT2D eigenvalue weighted by atomic mass is 16.5. The SMILES string of the molecule is CC(C)(C)C(CC(=O)O)N1CCC2(CC1)COc1cc(OCC3CC=CCC3)ccc12. The number of rotatable bonds is 6. The van der Waals surface area contributed by atoms with E-state index in [1.165, 1.54) is 12.0 Å². The first-order valence-electron chi connectivity index (χ1n) is 11.8. The molecule has 0 radical (unpaired) electrons. The smallest absolute Gasteiger partial charge is 0.304 e. The van der Waals surface area contributed by atoms with Crippen molar-refractivity contribution in [2.75, 3.05) is 26.3 Å². The summed E-state index contributed by atoms with van der Waals surface area (Å²) >= 11 is 0. The average Bonchev–Trinajstić information content (AvgIpc) is 3.09. The Morgan fingerprint density at radius 3 is 2.71 bits per heavy atom. The Morgan fingerprint density at radius 1 is 1.29 bits per heavy atom. The number of fused-ring (bicyclic) bond motifs is 2. The molecule has 2 atom stereocenters. The van der Waals surface area contributed by atoms with E-state index in [0.29, 0.717) is 12.5 Å². The lowest BCUT2D eigenvalue weighted by Gasteiger charge is -2.46. The van der Waals surface area contributed by atoms with Crippen LogP contribution in [0.2, 0.25) is 0 Å². The number of likely N-dealkylation sites (tertiary alicyclic amines) is 1. The van der Waals surface area contributed by atoms with Crippen LogP contribution in [-0.4, -0.2) is 48.3 Å². The molecule has 31 heavy (non-hydrogen) atoms. The minimum atomic E-state index is -0.716. The van der Waals surface area contributed by atoms with Crippen molar-refractivity contribution in [1.82, 2.24) is 4.90 Å².